The minimum Gasteiger partial charge on any atom is -0.399 e. The van der Waals surface area contributed by atoms with Gasteiger partial charge >= 0.3 is 0 Å². The fourth-order valence-corrected chi connectivity index (χ4v) is 3.04. The largest absolute Gasteiger partial charge is 0.399 e. The molecule has 0 aliphatic carbocycles. The highest BCUT2D eigenvalue weighted by Gasteiger charge is 2.10. The lowest BCUT2D eigenvalue weighted by Crippen LogP contribution is -1.90. The van der Waals surface area contributed by atoms with Gasteiger partial charge in [-0.25, -0.2) is 0 Å². The van der Waals surface area contributed by atoms with Crippen LogP contribution in [0.25, 0.3) is 32.3 Å². The molecular weight excluding hydrogens is 218 g/mol. The standard InChI is InChI=1S/C17H13N/c1-10-7-12-4-2-3-11-5-6-13-8-14(18)9-15(10)17(13)16(11)12/h2-9H,18H2,1H3. The maximum absolute atomic E-state index is 6.00. The van der Waals surface area contributed by atoms with E-state index in [1.807, 2.05) is 0 Å². The fourth-order valence-electron chi connectivity index (χ4n) is 3.04. The molecule has 0 atom stereocenters. The predicted molar refractivity (Wildman–Crippen MR) is 79.3 cm³/mol. The third-order valence-corrected chi connectivity index (χ3v) is 3.81. The Balaban J connectivity index is 2.47. The molecule has 0 aromatic heterocycles. The van der Waals surface area contributed by atoms with Gasteiger partial charge in [0, 0.05) is 5.69 Å². The van der Waals surface area contributed by atoms with Crippen molar-refractivity contribution in [2.24, 2.45) is 0 Å². The Bertz CT molecular complexity index is 890. The van der Waals surface area contributed by atoms with Crippen LogP contribution in [0, 0.1) is 6.92 Å². The Labute approximate surface area is 105 Å². The Morgan fingerprint density at radius 2 is 1.50 bits per heavy atom. The molecule has 0 aliphatic rings. The van der Waals surface area contributed by atoms with Gasteiger partial charge in [0.05, 0.1) is 0 Å². The molecule has 0 amide bonds. The molecule has 0 heterocycles. The molecule has 4 aromatic rings. The van der Waals surface area contributed by atoms with Gasteiger partial charge in [0.1, 0.15) is 0 Å². The maximum Gasteiger partial charge on any atom is 0.0326 e. The molecule has 2 N–H and O–H groups in total. The van der Waals surface area contributed by atoms with Crippen molar-refractivity contribution in [1.82, 2.24) is 0 Å². The number of rotatable bonds is 0. The summed E-state index contributed by atoms with van der Waals surface area (Å²) in [7, 11) is 0. The highest BCUT2D eigenvalue weighted by Crippen LogP contribution is 2.37. The van der Waals surface area contributed by atoms with Gasteiger partial charge in [-0.2, -0.15) is 0 Å². The Hall–Kier alpha value is -2.28. The summed E-state index contributed by atoms with van der Waals surface area (Å²) >= 11 is 0. The summed E-state index contributed by atoms with van der Waals surface area (Å²) in [6.07, 6.45) is 0. The Morgan fingerprint density at radius 1 is 0.778 bits per heavy atom. The van der Waals surface area contributed by atoms with Crippen molar-refractivity contribution < 1.29 is 0 Å². The lowest BCUT2D eigenvalue weighted by molar-refractivity contribution is 1.56. The first kappa shape index (κ1) is 9.72. The summed E-state index contributed by atoms with van der Waals surface area (Å²) in [5.74, 6) is 0. The predicted octanol–water partition coefficient (Wildman–Crippen LogP) is 4.47. The van der Waals surface area contributed by atoms with E-state index < -0.39 is 0 Å². The number of nitrogen functional groups attached to an aromatic ring is 1. The fraction of sp³-hybridized carbons (Fsp3) is 0.0588. The molecule has 0 bridgehead atoms. The third-order valence-electron chi connectivity index (χ3n) is 3.81. The zero-order valence-corrected chi connectivity index (χ0v) is 10.2. The summed E-state index contributed by atoms with van der Waals surface area (Å²) in [5.41, 5.74) is 8.13. The van der Waals surface area contributed by atoms with Crippen LogP contribution in [0.5, 0.6) is 0 Å². The van der Waals surface area contributed by atoms with E-state index in [1.165, 1.54) is 37.9 Å². The molecule has 0 fully saturated rings. The van der Waals surface area contributed by atoms with Crippen LogP contribution in [0.15, 0.2) is 48.5 Å². The van der Waals surface area contributed by atoms with Crippen LogP contribution in [0.4, 0.5) is 5.69 Å². The van der Waals surface area contributed by atoms with Gasteiger partial charge < -0.3 is 5.73 Å². The smallest absolute Gasteiger partial charge is 0.0326 e. The van der Waals surface area contributed by atoms with Crippen LogP contribution in [0.1, 0.15) is 5.56 Å². The first-order valence-electron chi connectivity index (χ1n) is 6.18. The minimum absolute atomic E-state index is 0.837. The molecular formula is C17H13N. The lowest BCUT2D eigenvalue weighted by atomic mass is 9.91. The minimum atomic E-state index is 0.837. The van der Waals surface area contributed by atoms with Crippen molar-refractivity contribution in [3.63, 3.8) is 0 Å². The zero-order valence-electron chi connectivity index (χ0n) is 10.2. The molecule has 0 radical (unpaired) electrons. The van der Waals surface area contributed by atoms with Crippen molar-refractivity contribution in [1.29, 1.82) is 0 Å². The van der Waals surface area contributed by atoms with E-state index in [0.717, 1.165) is 5.69 Å². The number of nitrogens with two attached hydrogens (primary N) is 1. The second-order valence-corrected chi connectivity index (χ2v) is 5.00. The van der Waals surface area contributed by atoms with Gasteiger partial charge in [0.25, 0.3) is 0 Å². The summed E-state index contributed by atoms with van der Waals surface area (Å²) in [4.78, 5) is 0. The van der Waals surface area contributed by atoms with Crippen LogP contribution >= 0.6 is 0 Å². The molecule has 0 saturated carbocycles. The molecule has 18 heavy (non-hydrogen) atoms. The molecule has 0 saturated heterocycles. The summed E-state index contributed by atoms with van der Waals surface area (Å²) in [6, 6.07) is 17.2. The first-order chi connectivity index (χ1) is 8.74. The van der Waals surface area contributed by atoms with Crippen LogP contribution in [0.3, 0.4) is 0 Å². The van der Waals surface area contributed by atoms with Crippen LogP contribution in [0.2, 0.25) is 0 Å². The number of anilines is 1. The molecule has 1 heteroatoms. The normalized spacial score (nSPS) is 11.8. The molecule has 4 rings (SSSR count). The maximum atomic E-state index is 6.00. The van der Waals surface area contributed by atoms with Gasteiger partial charge in [0.2, 0.25) is 0 Å². The number of hydrogen-bond donors (Lipinski definition) is 1. The molecule has 0 spiro atoms. The quantitative estimate of drug-likeness (QED) is 0.350. The van der Waals surface area contributed by atoms with Gasteiger partial charge in [-0.05, 0) is 56.9 Å². The Morgan fingerprint density at radius 3 is 2.39 bits per heavy atom. The number of benzene rings is 4. The molecule has 86 valence electrons. The highest BCUT2D eigenvalue weighted by molar-refractivity contribution is 6.24. The van der Waals surface area contributed by atoms with E-state index in [2.05, 4.69) is 55.5 Å². The third kappa shape index (κ3) is 1.11. The van der Waals surface area contributed by atoms with Gasteiger partial charge in [-0.1, -0.05) is 36.4 Å². The summed E-state index contributed by atoms with van der Waals surface area (Å²) in [6.45, 7) is 2.16. The second-order valence-electron chi connectivity index (χ2n) is 5.00. The molecule has 0 unspecified atom stereocenters. The van der Waals surface area contributed by atoms with Crippen molar-refractivity contribution in [3.8, 4) is 0 Å². The molecule has 0 aliphatic heterocycles. The van der Waals surface area contributed by atoms with Crippen molar-refractivity contribution in [2.45, 2.75) is 6.92 Å². The van der Waals surface area contributed by atoms with Crippen molar-refractivity contribution in [2.75, 3.05) is 5.73 Å². The van der Waals surface area contributed by atoms with Crippen LogP contribution in [-0.2, 0) is 0 Å². The summed E-state index contributed by atoms with van der Waals surface area (Å²) < 4.78 is 0. The van der Waals surface area contributed by atoms with Crippen molar-refractivity contribution >= 4 is 38.0 Å². The van der Waals surface area contributed by atoms with Crippen LogP contribution < -0.4 is 5.73 Å². The monoisotopic (exact) mass is 231 g/mol. The second kappa shape index (κ2) is 3.14. The van der Waals surface area contributed by atoms with E-state index in [-0.39, 0.29) is 0 Å². The van der Waals surface area contributed by atoms with Gasteiger partial charge in [0.15, 0.2) is 0 Å². The van der Waals surface area contributed by atoms with E-state index in [1.54, 1.807) is 0 Å². The average Bonchev–Trinajstić information content (AvgIpc) is 2.36. The molecule has 4 aromatic carbocycles. The topological polar surface area (TPSA) is 26.0 Å². The number of hydrogen-bond acceptors (Lipinski definition) is 1. The first-order valence-corrected chi connectivity index (χ1v) is 6.18. The van der Waals surface area contributed by atoms with Gasteiger partial charge in [-0.15, -0.1) is 0 Å². The summed E-state index contributed by atoms with van der Waals surface area (Å²) in [5, 5.41) is 7.82. The van der Waals surface area contributed by atoms with Crippen molar-refractivity contribution in [3.05, 3.63) is 54.1 Å². The van der Waals surface area contributed by atoms with E-state index in [4.69, 9.17) is 5.73 Å². The average molecular weight is 231 g/mol. The van der Waals surface area contributed by atoms with E-state index >= 15 is 0 Å². The molecule has 1 nitrogen and oxygen atoms in total. The van der Waals surface area contributed by atoms with Gasteiger partial charge in [-0.3, -0.25) is 0 Å². The van der Waals surface area contributed by atoms with E-state index in [0.29, 0.717) is 0 Å². The van der Waals surface area contributed by atoms with Crippen LogP contribution in [-0.4, -0.2) is 0 Å². The SMILES string of the molecule is Cc1cc2cccc3ccc4cc(N)cc1c4c32. The number of aryl methyl sites for hydroxylation is 1. The zero-order chi connectivity index (χ0) is 12.3. The lowest BCUT2D eigenvalue weighted by Gasteiger charge is -2.13. The van der Waals surface area contributed by atoms with E-state index in [9.17, 15) is 0 Å². The Kier molecular flexibility index (Phi) is 1.69. The highest BCUT2D eigenvalue weighted by atomic mass is 14.5.